The number of hydrogen-bond donors (Lipinski definition) is 0. The van der Waals surface area contributed by atoms with E-state index in [2.05, 4.69) is 125 Å². The molecule has 0 aromatic heterocycles. The summed E-state index contributed by atoms with van der Waals surface area (Å²) in [4.78, 5) is 0. The van der Waals surface area contributed by atoms with E-state index in [4.69, 9.17) is 0 Å². The Balaban J connectivity index is 0.000000850. The molecule has 0 spiro atoms. The van der Waals surface area contributed by atoms with Gasteiger partial charge in [-0.05, 0) is 34.8 Å². The molecular formula is C44H62Cl2P2SiZr-4. The third kappa shape index (κ3) is 13.4. The summed E-state index contributed by atoms with van der Waals surface area (Å²) < 4.78 is 0. The number of hydrogen-bond acceptors (Lipinski definition) is 0. The topological polar surface area (TPSA) is 0 Å². The van der Waals surface area contributed by atoms with Crippen LogP contribution in [-0.2, 0) is 23.3 Å². The molecule has 274 valence electrons. The summed E-state index contributed by atoms with van der Waals surface area (Å²) >= 11 is 1.58. The molecule has 0 saturated carbocycles. The Kier molecular flexibility index (Phi) is 26.8. The van der Waals surface area contributed by atoms with Crippen LogP contribution in [0, 0.1) is 27.0 Å². The van der Waals surface area contributed by atoms with E-state index in [9.17, 15) is 0 Å². The van der Waals surface area contributed by atoms with Gasteiger partial charge in [0.2, 0.25) is 0 Å². The first-order valence-electron chi connectivity index (χ1n) is 17.8. The summed E-state index contributed by atoms with van der Waals surface area (Å²) in [6, 6.07) is 22.3. The van der Waals surface area contributed by atoms with E-state index < -0.39 is 0 Å². The van der Waals surface area contributed by atoms with Crippen molar-refractivity contribution in [1.29, 1.82) is 0 Å². The molecule has 0 amide bonds. The van der Waals surface area contributed by atoms with Crippen LogP contribution in [0.5, 0.6) is 0 Å². The van der Waals surface area contributed by atoms with Crippen LogP contribution in [0.2, 0.25) is 0 Å². The molecule has 2 aliphatic heterocycles. The van der Waals surface area contributed by atoms with Crippen LogP contribution in [0.1, 0.15) is 105 Å². The van der Waals surface area contributed by atoms with Crippen molar-refractivity contribution in [3.8, 4) is 0 Å². The Morgan fingerprint density at radius 1 is 0.560 bits per heavy atom. The van der Waals surface area contributed by atoms with Gasteiger partial charge in [0.1, 0.15) is 0 Å². The molecular weight excluding hydrogens is 781 g/mol. The zero-order chi connectivity index (χ0) is 32.7. The zero-order valence-electron chi connectivity index (χ0n) is 31.6. The van der Waals surface area contributed by atoms with Crippen LogP contribution >= 0.6 is 40.7 Å². The molecule has 0 fully saturated rings. The first-order valence-corrected chi connectivity index (χ1v) is 26.6. The van der Waals surface area contributed by atoms with Gasteiger partial charge >= 0.3 is 30.2 Å². The van der Waals surface area contributed by atoms with Crippen molar-refractivity contribution in [2.24, 2.45) is 0 Å². The van der Waals surface area contributed by atoms with Crippen molar-refractivity contribution in [2.45, 2.75) is 116 Å². The second kappa shape index (κ2) is 27.1. The van der Waals surface area contributed by atoms with E-state index in [1.54, 1.807) is 34.0 Å². The fourth-order valence-electron chi connectivity index (χ4n) is 6.67. The Labute approximate surface area is 339 Å². The summed E-state index contributed by atoms with van der Waals surface area (Å²) in [5.41, 5.74) is 7.14. The van der Waals surface area contributed by atoms with Crippen molar-refractivity contribution in [3.63, 3.8) is 0 Å². The molecule has 2 aliphatic carbocycles. The number of rotatable bonds is 14. The third-order valence-corrected chi connectivity index (χ3v) is 14.7. The van der Waals surface area contributed by atoms with Crippen molar-refractivity contribution in [2.75, 3.05) is 0 Å². The fraction of sp³-hybridized carbons (Fsp3) is 0.409. The van der Waals surface area contributed by atoms with Gasteiger partial charge in [-0.3, -0.25) is 0 Å². The Bertz CT molecular complexity index is 1340. The molecule has 6 heteroatoms. The summed E-state index contributed by atoms with van der Waals surface area (Å²) in [5, 5.41) is 6.26. The molecule has 0 N–H and O–H groups in total. The molecule has 2 aromatic rings. The van der Waals surface area contributed by atoms with Gasteiger partial charge in [0, 0.05) is 0 Å². The molecule has 6 rings (SSSR count). The van der Waals surface area contributed by atoms with Crippen molar-refractivity contribution in [3.05, 3.63) is 145 Å². The molecule has 4 atom stereocenters. The Hall–Kier alpha value is -0.580. The van der Waals surface area contributed by atoms with Crippen molar-refractivity contribution >= 4 is 58.1 Å². The van der Waals surface area contributed by atoms with Crippen LogP contribution in [0.25, 0.3) is 0 Å². The fourth-order valence-corrected chi connectivity index (χ4v) is 12.5. The molecule has 50 heavy (non-hydrogen) atoms. The zero-order valence-corrected chi connectivity index (χ0v) is 38.9. The molecule has 4 aliphatic rings. The summed E-state index contributed by atoms with van der Waals surface area (Å²) in [5.74, 6) is 0. The Morgan fingerprint density at radius 3 is 1.22 bits per heavy atom. The van der Waals surface area contributed by atoms with Gasteiger partial charge in [-0.15, -0.1) is 70.9 Å². The minimum atomic E-state index is -0.212. The van der Waals surface area contributed by atoms with Gasteiger partial charge in [0.15, 0.2) is 0 Å². The van der Waals surface area contributed by atoms with E-state index in [0.29, 0.717) is 0 Å². The predicted molar refractivity (Wildman–Crippen MR) is 233 cm³/mol. The summed E-state index contributed by atoms with van der Waals surface area (Å²) in [6.45, 7) is 11.1. The number of unbranched alkanes of at least 4 members (excludes halogenated alkanes) is 4. The second-order valence-corrected chi connectivity index (χ2v) is 17.4. The average molecular weight is 843 g/mol. The summed E-state index contributed by atoms with van der Waals surface area (Å²) in [6.07, 6.45) is 32.7. The van der Waals surface area contributed by atoms with Gasteiger partial charge in [-0.1, -0.05) is 168 Å². The van der Waals surface area contributed by atoms with E-state index in [-0.39, 0.29) is 55.5 Å². The van der Waals surface area contributed by atoms with Crippen molar-refractivity contribution < 1.29 is 23.3 Å². The first-order chi connectivity index (χ1) is 22.7. The van der Waals surface area contributed by atoms with E-state index in [0.717, 1.165) is 11.3 Å². The molecule has 2 heterocycles. The predicted octanol–water partition coefficient (Wildman–Crippen LogP) is 13.0. The molecule has 0 saturated heterocycles. The number of benzene rings is 2. The molecule has 4 unspecified atom stereocenters. The number of halogens is 2. The van der Waals surface area contributed by atoms with E-state index in [1.165, 1.54) is 110 Å². The van der Waals surface area contributed by atoms with Crippen LogP contribution in [0.4, 0.5) is 0 Å². The van der Waals surface area contributed by atoms with Gasteiger partial charge in [0.25, 0.3) is 0 Å². The minimum absolute atomic E-state index is 0. The van der Waals surface area contributed by atoms with Crippen LogP contribution in [-0.4, -0.2) is 18.2 Å². The van der Waals surface area contributed by atoms with Crippen LogP contribution in [0.15, 0.2) is 118 Å². The number of allylic oxidation sites excluding steroid dienone is 12. The first kappa shape index (κ1) is 49.4. The van der Waals surface area contributed by atoms with Gasteiger partial charge in [0.05, 0.1) is 0 Å². The van der Waals surface area contributed by atoms with Gasteiger partial charge in [-0.25, -0.2) is 0 Å². The molecule has 2 aromatic carbocycles. The van der Waals surface area contributed by atoms with Crippen LogP contribution in [0.3, 0.4) is 0 Å². The quantitative estimate of drug-likeness (QED) is 0.101. The molecule has 0 bridgehead atoms. The average Bonchev–Trinajstić information content (AvgIpc) is 3.85. The SMILES string of the molecule is CCCCC1=[C-]C2=CC(CCCC)P(c3ccccc3)C2=C1.CCCCC1=[C-]C2=CC(CCCC)P(c3ccccc3)C2=C1.Cl.Cl.[CH3-].[CH3-].[SiH2]=[Zr]. The molecule has 0 radical (unpaired) electrons. The van der Waals surface area contributed by atoms with Crippen molar-refractivity contribution in [1.82, 2.24) is 0 Å². The van der Waals surface area contributed by atoms with Crippen LogP contribution < -0.4 is 10.6 Å². The monoisotopic (exact) mass is 840 g/mol. The maximum atomic E-state index is 3.70. The summed E-state index contributed by atoms with van der Waals surface area (Å²) in [7, 11) is -0.424. The third-order valence-electron chi connectivity index (χ3n) is 9.04. The van der Waals surface area contributed by atoms with E-state index in [1.807, 2.05) is 6.88 Å². The maximum absolute atomic E-state index is 3.70. The number of fused-ring (bicyclic) bond motifs is 2. The van der Waals surface area contributed by atoms with E-state index >= 15 is 0 Å². The van der Waals surface area contributed by atoms with Gasteiger partial charge in [-0.2, -0.15) is 23.3 Å². The second-order valence-electron chi connectivity index (χ2n) is 12.6. The standard InChI is InChI=1S/2C21H26P.2CH3.2ClH.H2Si.Zr/c2*1-3-5-10-17-14-18-16-20(11-6-4-2)22(21(18)15-17)19-12-8-7-9-13-19;;;;;;/h2*7-9,12-13,15-16,20H,3-6,10-11H2,1-2H3;2*1H3;2*1H;1H2;/q4*-1;;;;. The Morgan fingerprint density at radius 2 is 0.900 bits per heavy atom. The van der Waals surface area contributed by atoms with Gasteiger partial charge < -0.3 is 14.9 Å². The molecule has 0 nitrogen and oxygen atoms in total. The normalized spacial score (nSPS) is 20.4.